The summed E-state index contributed by atoms with van der Waals surface area (Å²) in [6.45, 7) is 4.91. The quantitative estimate of drug-likeness (QED) is 0.710. The van der Waals surface area contributed by atoms with Crippen LogP contribution in [0, 0.1) is 17.8 Å². The van der Waals surface area contributed by atoms with E-state index in [1.807, 2.05) is 0 Å². The molecule has 0 aromatic carbocycles. The Hall–Kier alpha value is -0.0800. The molecule has 98 valence electrons. The third-order valence-electron chi connectivity index (χ3n) is 4.96. The molecule has 1 heterocycles. The molecule has 2 unspecified atom stereocenters. The Labute approximate surface area is 106 Å². The van der Waals surface area contributed by atoms with Crippen LogP contribution < -0.4 is 10.6 Å². The van der Waals surface area contributed by atoms with E-state index in [2.05, 4.69) is 17.6 Å². The van der Waals surface area contributed by atoms with Gasteiger partial charge in [0.05, 0.1) is 0 Å². The summed E-state index contributed by atoms with van der Waals surface area (Å²) < 4.78 is 0. The zero-order valence-electron chi connectivity index (χ0n) is 11.3. The van der Waals surface area contributed by atoms with Crippen LogP contribution in [-0.2, 0) is 0 Å². The summed E-state index contributed by atoms with van der Waals surface area (Å²) in [5.74, 6) is 3.20. The number of hydrogen-bond acceptors (Lipinski definition) is 2. The first-order valence-electron chi connectivity index (χ1n) is 7.79. The van der Waals surface area contributed by atoms with Crippen molar-refractivity contribution in [3.63, 3.8) is 0 Å². The molecule has 0 radical (unpaired) electrons. The van der Waals surface area contributed by atoms with Gasteiger partial charge in [0.2, 0.25) is 0 Å². The fourth-order valence-electron chi connectivity index (χ4n) is 3.57. The SMILES string of the molecule is CC(CC1CCCN1)NCC(C1CC1)C1CC1. The summed E-state index contributed by atoms with van der Waals surface area (Å²) in [5, 5.41) is 7.42. The molecule has 2 nitrogen and oxygen atoms in total. The summed E-state index contributed by atoms with van der Waals surface area (Å²) in [4.78, 5) is 0. The first-order valence-corrected chi connectivity index (χ1v) is 7.79. The Morgan fingerprint density at radius 2 is 1.82 bits per heavy atom. The minimum Gasteiger partial charge on any atom is -0.314 e. The standard InChI is InChI=1S/C15H28N2/c1-11(9-14-3-2-8-16-14)17-10-15(12-4-5-12)13-6-7-13/h11-17H,2-10H2,1H3. The number of hydrogen-bond donors (Lipinski definition) is 2. The summed E-state index contributed by atoms with van der Waals surface area (Å²) in [5.41, 5.74) is 0. The largest absolute Gasteiger partial charge is 0.314 e. The summed E-state index contributed by atoms with van der Waals surface area (Å²) >= 11 is 0. The van der Waals surface area contributed by atoms with Crippen molar-refractivity contribution in [2.75, 3.05) is 13.1 Å². The van der Waals surface area contributed by atoms with Gasteiger partial charge in [0.25, 0.3) is 0 Å². The minimum atomic E-state index is 0.700. The van der Waals surface area contributed by atoms with E-state index in [1.165, 1.54) is 58.0 Å². The van der Waals surface area contributed by atoms with Gasteiger partial charge >= 0.3 is 0 Å². The van der Waals surface area contributed by atoms with E-state index in [4.69, 9.17) is 0 Å². The van der Waals surface area contributed by atoms with Gasteiger partial charge in [-0.1, -0.05) is 0 Å². The molecule has 2 saturated carbocycles. The maximum Gasteiger partial charge on any atom is 0.00822 e. The predicted octanol–water partition coefficient (Wildman–Crippen LogP) is 2.54. The minimum absolute atomic E-state index is 0.700. The van der Waals surface area contributed by atoms with Crippen LogP contribution in [0.2, 0.25) is 0 Å². The van der Waals surface area contributed by atoms with Crippen molar-refractivity contribution in [2.45, 2.75) is 64.0 Å². The zero-order valence-corrected chi connectivity index (χ0v) is 11.3. The molecule has 2 aliphatic carbocycles. The van der Waals surface area contributed by atoms with Gasteiger partial charge in [0, 0.05) is 12.1 Å². The smallest absolute Gasteiger partial charge is 0.00822 e. The van der Waals surface area contributed by atoms with Gasteiger partial charge in [-0.25, -0.2) is 0 Å². The van der Waals surface area contributed by atoms with Gasteiger partial charge in [-0.15, -0.1) is 0 Å². The van der Waals surface area contributed by atoms with E-state index in [9.17, 15) is 0 Å². The lowest BCUT2D eigenvalue weighted by molar-refractivity contribution is 0.343. The summed E-state index contributed by atoms with van der Waals surface area (Å²) in [6, 6.07) is 1.49. The van der Waals surface area contributed by atoms with Crippen LogP contribution in [0.1, 0.15) is 51.9 Å². The second-order valence-electron chi connectivity index (χ2n) is 6.68. The Bertz CT molecular complexity index is 227. The Morgan fingerprint density at radius 1 is 1.12 bits per heavy atom. The average Bonchev–Trinajstić information content (AvgIpc) is 3.22. The highest BCUT2D eigenvalue weighted by atomic mass is 15.0. The molecule has 0 aromatic rings. The summed E-state index contributed by atoms with van der Waals surface area (Å²) in [7, 11) is 0. The zero-order chi connectivity index (χ0) is 11.7. The molecular weight excluding hydrogens is 208 g/mol. The topological polar surface area (TPSA) is 24.1 Å². The third-order valence-corrected chi connectivity index (χ3v) is 4.96. The third kappa shape index (κ3) is 3.45. The molecule has 17 heavy (non-hydrogen) atoms. The average molecular weight is 236 g/mol. The second-order valence-corrected chi connectivity index (χ2v) is 6.68. The fourth-order valence-corrected chi connectivity index (χ4v) is 3.57. The van der Waals surface area contributed by atoms with Crippen molar-refractivity contribution >= 4 is 0 Å². The molecule has 0 amide bonds. The van der Waals surface area contributed by atoms with Crippen molar-refractivity contribution < 1.29 is 0 Å². The molecule has 0 bridgehead atoms. The molecule has 1 saturated heterocycles. The number of nitrogens with one attached hydrogen (secondary N) is 2. The van der Waals surface area contributed by atoms with Crippen LogP contribution in [0.15, 0.2) is 0 Å². The molecule has 0 aromatic heterocycles. The molecule has 2 atom stereocenters. The van der Waals surface area contributed by atoms with Gasteiger partial charge in [-0.05, 0) is 82.7 Å². The van der Waals surface area contributed by atoms with E-state index in [0.717, 1.165) is 23.8 Å². The lowest BCUT2D eigenvalue weighted by Gasteiger charge is -2.22. The van der Waals surface area contributed by atoms with Gasteiger partial charge in [0.15, 0.2) is 0 Å². The van der Waals surface area contributed by atoms with Gasteiger partial charge in [0.1, 0.15) is 0 Å². The van der Waals surface area contributed by atoms with E-state index >= 15 is 0 Å². The normalized spacial score (nSPS) is 31.1. The van der Waals surface area contributed by atoms with Crippen molar-refractivity contribution in [2.24, 2.45) is 17.8 Å². The van der Waals surface area contributed by atoms with Gasteiger partial charge < -0.3 is 10.6 Å². The molecular formula is C15H28N2. The molecule has 3 fully saturated rings. The second kappa shape index (κ2) is 5.27. The van der Waals surface area contributed by atoms with Crippen LogP contribution in [0.25, 0.3) is 0 Å². The molecule has 3 aliphatic rings. The van der Waals surface area contributed by atoms with Crippen LogP contribution in [0.4, 0.5) is 0 Å². The van der Waals surface area contributed by atoms with Crippen molar-refractivity contribution in [3.8, 4) is 0 Å². The van der Waals surface area contributed by atoms with Gasteiger partial charge in [-0.2, -0.15) is 0 Å². The van der Waals surface area contributed by atoms with E-state index in [1.54, 1.807) is 0 Å². The lowest BCUT2D eigenvalue weighted by Crippen LogP contribution is -2.37. The first kappa shape index (κ1) is 12.0. The highest BCUT2D eigenvalue weighted by Gasteiger charge is 2.41. The van der Waals surface area contributed by atoms with Crippen molar-refractivity contribution in [1.29, 1.82) is 0 Å². The van der Waals surface area contributed by atoms with Crippen LogP contribution in [0.5, 0.6) is 0 Å². The molecule has 3 rings (SSSR count). The predicted molar refractivity (Wildman–Crippen MR) is 72.0 cm³/mol. The summed E-state index contributed by atoms with van der Waals surface area (Å²) in [6.07, 6.45) is 10.2. The van der Waals surface area contributed by atoms with Gasteiger partial charge in [-0.3, -0.25) is 0 Å². The van der Waals surface area contributed by atoms with Crippen LogP contribution in [0.3, 0.4) is 0 Å². The Morgan fingerprint density at radius 3 is 2.35 bits per heavy atom. The van der Waals surface area contributed by atoms with Crippen molar-refractivity contribution in [3.05, 3.63) is 0 Å². The number of rotatable bonds is 7. The van der Waals surface area contributed by atoms with Crippen molar-refractivity contribution in [1.82, 2.24) is 10.6 Å². The Kier molecular flexibility index (Phi) is 3.72. The maximum absolute atomic E-state index is 3.81. The molecule has 1 aliphatic heterocycles. The van der Waals surface area contributed by atoms with Crippen LogP contribution >= 0.6 is 0 Å². The monoisotopic (exact) mass is 236 g/mol. The van der Waals surface area contributed by atoms with E-state index in [-0.39, 0.29) is 0 Å². The molecule has 2 heteroatoms. The fraction of sp³-hybridized carbons (Fsp3) is 1.00. The highest BCUT2D eigenvalue weighted by molar-refractivity contribution is 4.93. The van der Waals surface area contributed by atoms with E-state index < -0.39 is 0 Å². The highest BCUT2D eigenvalue weighted by Crippen LogP contribution is 2.48. The van der Waals surface area contributed by atoms with E-state index in [0.29, 0.717) is 6.04 Å². The lowest BCUT2D eigenvalue weighted by atomic mass is 9.97. The first-order chi connectivity index (χ1) is 8.33. The molecule has 0 spiro atoms. The molecule has 2 N–H and O–H groups in total. The van der Waals surface area contributed by atoms with Crippen LogP contribution in [-0.4, -0.2) is 25.2 Å². The Balaban J connectivity index is 1.36. The maximum atomic E-state index is 3.81.